The Hall–Kier alpha value is -1.07. The summed E-state index contributed by atoms with van der Waals surface area (Å²) in [6.07, 6.45) is 0. The van der Waals surface area contributed by atoms with Gasteiger partial charge in [-0.05, 0) is 32.5 Å². The molecule has 1 atom stereocenters. The van der Waals surface area contributed by atoms with E-state index in [1.165, 1.54) is 0 Å². The average molecular weight is 256 g/mol. The summed E-state index contributed by atoms with van der Waals surface area (Å²) in [5.74, 6) is 0. The van der Waals surface area contributed by atoms with Crippen LogP contribution in [0.25, 0.3) is 0 Å². The number of sulfonamides is 1. The molecule has 0 aliphatic heterocycles. The van der Waals surface area contributed by atoms with E-state index in [0.717, 1.165) is 12.1 Å². The van der Waals surface area contributed by atoms with E-state index < -0.39 is 15.3 Å². The van der Waals surface area contributed by atoms with E-state index in [0.29, 0.717) is 12.2 Å². The molecule has 0 saturated carbocycles. The van der Waals surface area contributed by atoms with Gasteiger partial charge in [-0.3, -0.25) is 4.72 Å². The molecule has 0 aromatic heterocycles. The summed E-state index contributed by atoms with van der Waals surface area (Å²) in [6.45, 7) is 6.83. The van der Waals surface area contributed by atoms with Gasteiger partial charge in [0.2, 0.25) is 10.0 Å². The number of rotatable bonds is 6. The van der Waals surface area contributed by atoms with E-state index in [2.05, 4.69) is 10.0 Å². The molecule has 0 bridgehead atoms. The van der Waals surface area contributed by atoms with Crippen LogP contribution in [-0.2, 0) is 10.0 Å². The zero-order valence-electron chi connectivity index (χ0n) is 10.5. The van der Waals surface area contributed by atoms with Crippen molar-refractivity contribution in [1.29, 1.82) is 0 Å². The lowest BCUT2D eigenvalue weighted by Gasteiger charge is -2.15. The third-order valence-corrected chi connectivity index (χ3v) is 4.27. The molecule has 1 rings (SSSR count). The SMILES string of the molecule is CCNCC(C)S(=O)(=O)Nc1ccc(C)cc1. The summed E-state index contributed by atoms with van der Waals surface area (Å²) >= 11 is 0. The Morgan fingerprint density at radius 1 is 1.24 bits per heavy atom. The minimum absolute atomic E-state index is 0.455. The highest BCUT2D eigenvalue weighted by atomic mass is 32.2. The molecule has 0 radical (unpaired) electrons. The Labute approximate surface area is 103 Å². The lowest BCUT2D eigenvalue weighted by molar-refractivity contribution is 0.579. The van der Waals surface area contributed by atoms with Crippen LogP contribution in [0.5, 0.6) is 0 Å². The third-order valence-electron chi connectivity index (χ3n) is 2.52. The summed E-state index contributed by atoms with van der Waals surface area (Å²) in [5, 5.41) is 2.58. The molecule has 0 fully saturated rings. The number of nitrogens with one attached hydrogen (secondary N) is 2. The Morgan fingerprint density at radius 2 is 1.82 bits per heavy atom. The van der Waals surface area contributed by atoms with Crippen LogP contribution in [0.1, 0.15) is 19.4 Å². The Morgan fingerprint density at radius 3 is 2.35 bits per heavy atom. The normalized spacial score (nSPS) is 13.4. The van der Waals surface area contributed by atoms with Gasteiger partial charge in [0.25, 0.3) is 0 Å². The van der Waals surface area contributed by atoms with E-state index in [9.17, 15) is 8.42 Å². The van der Waals surface area contributed by atoms with Gasteiger partial charge in [-0.2, -0.15) is 0 Å². The summed E-state index contributed by atoms with van der Waals surface area (Å²) in [7, 11) is -3.31. The lowest BCUT2D eigenvalue weighted by atomic mass is 10.2. The molecule has 0 aliphatic carbocycles. The quantitative estimate of drug-likeness (QED) is 0.815. The number of aryl methyl sites for hydroxylation is 1. The van der Waals surface area contributed by atoms with Crippen molar-refractivity contribution in [1.82, 2.24) is 5.32 Å². The van der Waals surface area contributed by atoms with Crippen molar-refractivity contribution in [3.8, 4) is 0 Å². The molecule has 5 heteroatoms. The molecule has 17 heavy (non-hydrogen) atoms. The molecule has 0 saturated heterocycles. The maximum atomic E-state index is 11.9. The van der Waals surface area contributed by atoms with Crippen LogP contribution < -0.4 is 10.0 Å². The van der Waals surface area contributed by atoms with Gasteiger partial charge < -0.3 is 5.32 Å². The predicted octanol–water partition coefficient (Wildman–Crippen LogP) is 1.73. The second-order valence-corrected chi connectivity index (χ2v) is 6.23. The molecule has 0 spiro atoms. The number of hydrogen-bond acceptors (Lipinski definition) is 3. The first-order valence-electron chi connectivity index (χ1n) is 5.74. The average Bonchev–Trinajstić information content (AvgIpc) is 2.28. The molecule has 2 N–H and O–H groups in total. The van der Waals surface area contributed by atoms with Gasteiger partial charge in [0, 0.05) is 12.2 Å². The third kappa shape index (κ3) is 4.36. The van der Waals surface area contributed by atoms with Gasteiger partial charge in [-0.1, -0.05) is 24.6 Å². The molecule has 0 heterocycles. The number of anilines is 1. The van der Waals surface area contributed by atoms with E-state index in [1.54, 1.807) is 19.1 Å². The highest BCUT2D eigenvalue weighted by Crippen LogP contribution is 2.12. The van der Waals surface area contributed by atoms with Crippen LogP contribution in [-0.4, -0.2) is 26.8 Å². The Balaban J connectivity index is 2.69. The number of benzene rings is 1. The van der Waals surface area contributed by atoms with E-state index in [-0.39, 0.29) is 0 Å². The smallest absolute Gasteiger partial charge is 0.236 e. The van der Waals surface area contributed by atoms with Crippen LogP contribution in [0, 0.1) is 6.92 Å². The van der Waals surface area contributed by atoms with E-state index >= 15 is 0 Å². The van der Waals surface area contributed by atoms with Gasteiger partial charge in [-0.25, -0.2) is 8.42 Å². The molecular weight excluding hydrogens is 236 g/mol. The van der Waals surface area contributed by atoms with Crippen LogP contribution in [0.15, 0.2) is 24.3 Å². The minimum Gasteiger partial charge on any atom is -0.316 e. The Bertz CT molecular complexity index is 440. The topological polar surface area (TPSA) is 58.2 Å². The van der Waals surface area contributed by atoms with Gasteiger partial charge in [-0.15, -0.1) is 0 Å². The van der Waals surface area contributed by atoms with Crippen LogP contribution in [0.4, 0.5) is 5.69 Å². The highest BCUT2D eigenvalue weighted by molar-refractivity contribution is 7.93. The fraction of sp³-hybridized carbons (Fsp3) is 0.500. The minimum atomic E-state index is -3.31. The van der Waals surface area contributed by atoms with Gasteiger partial charge in [0.1, 0.15) is 0 Å². The van der Waals surface area contributed by atoms with Crippen molar-refractivity contribution in [3.05, 3.63) is 29.8 Å². The first-order chi connectivity index (χ1) is 7.95. The fourth-order valence-corrected chi connectivity index (χ4v) is 2.35. The number of hydrogen-bond donors (Lipinski definition) is 2. The molecule has 1 unspecified atom stereocenters. The van der Waals surface area contributed by atoms with Crippen molar-refractivity contribution in [2.24, 2.45) is 0 Å². The second kappa shape index (κ2) is 6.02. The standard InChI is InChI=1S/C12H20N2O2S/c1-4-13-9-11(3)17(15,16)14-12-7-5-10(2)6-8-12/h5-8,11,13-14H,4,9H2,1-3H3. The fourth-order valence-electron chi connectivity index (χ4n) is 1.34. The largest absolute Gasteiger partial charge is 0.316 e. The molecule has 1 aromatic carbocycles. The summed E-state index contributed by atoms with van der Waals surface area (Å²) in [6, 6.07) is 7.30. The van der Waals surface area contributed by atoms with Crippen LogP contribution in [0.3, 0.4) is 0 Å². The monoisotopic (exact) mass is 256 g/mol. The van der Waals surface area contributed by atoms with Crippen molar-refractivity contribution in [2.45, 2.75) is 26.0 Å². The van der Waals surface area contributed by atoms with Crippen molar-refractivity contribution in [3.63, 3.8) is 0 Å². The van der Waals surface area contributed by atoms with Crippen LogP contribution >= 0.6 is 0 Å². The van der Waals surface area contributed by atoms with Crippen molar-refractivity contribution >= 4 is 15.7 Å². The highest BCUT2D eigenvalue weighted by Gasteiger charge is 2.19. The first kappa shape index (κ1) is 14.0. The molecule has 96 valence electrons. The maximum absolute atomic E-state index is 11.9. The lowest BCUT2D eigenvalue weighted by Crippen LogP contribution is -2.34. The Kier molecular flexibility index (Phi) is 4.96. The predicted molar refractivity (Wildman–Crippen MR) is 71.7 cm³/mol. The second-order valence-electron chi connectivity index (χ2n) is 4.13. The van der Waals surface area contributed by atoms with Crippen molar-refractivity contribution < 1.29 is 8.42 Å². The van der Waals surface area contributed by atoms with Crippen molar-refractivity contribution in [2.75, 3.05) is 17.8 Å². The zero-order chi connectivity index (χ0) is 12.9. The van der Waals surface area contributed by atoms with E-state index in [1.807, 2.05) is 26.0 Å². The van der Waals surface area contributed by atoms with Gasteiger partial charge >= 0.3 is 0 Å². The van der Waals surface area contributed by atoms with Gasteiger partial charge in [0.15, 0.2) is 0 Å². The zero-order valence-corrected chi connectivity index (χ0v) is 11.3. The molecular formula is C12H20N2O2S. The first-order valence-corrected chi connectivity index (χ1v) is 7.29. The maximum Gasteiger partial charge on any atom is 0.236 e. The summed E-state index contributed by atoms with van der Waals surface area (Å²) in [4.78, 5) is 0. The summed E-state index contributed by atoms with van der Waals surface area (Å²) < 4.78 is 26.5. The molecule has 0 aliphatic rings. The van der Waals surface area contributed by atoms with Gasteiger partial charge in [0.05, 0.1) is 5.25 Å². The molecule has 0 amide bonds. The van der Waals surface area contributed by atoms with Crippen LogP contribution in [0.2, 0.25) is 0 Å². The molecule has 4 nitrogen and oxygen atoms in total. The molecule has 1 aromatic rings. The van der Waals surface area contributed by atoms with E-state index in [4.69, 9.17) is 0 Å². The summed E-state index contributed by atoms with van der Waals surface area (Å²) in [5.41, 5.74) is 1.72.